The summed E-state index contributed by atoms with van der Waals surface area (Å²) in [5.74, 6) is 3.00. The van der Waals surface area contributed by atoms with Crippen molar-refractivity contribution in [1.82, 2.24) is 9.88 Å². The van der Waals surface area contributed by atoms with Gasteiger partial charge in [-0.25, -0.2) is 9.78 Å². The van der Waals surface area contributed by atoms with E-state index in [1.165, 1.54) is 11.1 Å². The highest BCUT2D eigenvalue weighted by Gasteiger charge is 2.37. The Morgan fingerprint density at radius 3 is 2.56 bits per heavy atom. The molecule has 0 bridgehead atoms. The fourth-order valence-corrected chi connectivity index (χ4v) is 5.20. The van der Waals surface area contributed by atoms with Gasteiger partial charge in [-0.3, -0.25) is 0 Å². The molecule has 4 aromatic rings. The number of carbonyl (C=O) groups excluding carboxylic acids is 1. The van der Waals surface area contributed by atoms with Gasteiger partial charge in [0.2, 0.25) is 5.89 Å². The van der Waals surface area contributed by atoms with Crippen LogP contribution in [0.5, 0.6) is 11.5 Å². The summed E-state index contributed by atoms with van der Waals surface area (Å²) in [4.78, 5) is 19.2. The molecule has 1 aliphatic rings. The highest BCUT2D eigenvalue weighted by atomic mass is 16.6. The number of aromatic nitrogens is 1. The Balaban J connectivity index is 1.12. The normalized spacial score (nSPS) is 16.8. The third-order valence-corrected chi connectivity index (χ3v) is 7.29. The zero-order chi connectivity index (χ0) is 27.2. The molecule has 0 N–H and O–H groups in total. The van der Waals surface area contributed by atoms with E-state index in [4.69, 9.17) is 18.9 Å². The molecule has 202 valence electrons. The fourth-order valence-electron chi connectivity index (χ4n) is 5.20. The summed E-state index contributed by atoms with van der Waals surface area (Å²) in [5.41, 5.74) is 4.38. The maximum absolute atomic E-state index is 12.6. The summed E-state index contributed by atoms with van der Waals surface area (Å²) < 4.78 is 17.6. The van der Waals surface area contributed by atoms with E-state index >= 15 is 0 Å². The maximum atomic E-state index is 12.6. The maximum Gasteiger partial charge on any atom is 0.415 e. The molecule has 1 amide bonds. The van der Waals surface area contributed by atoms with Crippen molar-refractivity contribution in [2.24, 2.45) is 5.41 Å². The molecule has 6 heteroatoms. The van der Waals surface area contributed by atoms with Crippen LogP contribution in [0.2, 0.25) is 0 Å². The molecule has 0 saturated carbocycles. The quantitative estimate of drug-likeness (QED) is 0.230. The van der Waals surface area contributed by atoms with E-state index in [1.54, 1.807) is 12.1 Å². The van der Waals surface area contributed by atoms with Gasteiger partial charge in [0.15, 0.2) is 0 Å². The zero-order valence-electron chi connectivity index (χ0n) is 23.0. The van der Waals surface area contributed by atoms with Crippen LogP contribution in [-0.2, 0) is 19.3 Å². The number of aryl methyl sites for hydroxylation is 2. The van der Waals surface area contributed by atoms with Crippen molar-refractivity contribution in [2.45, 2.75) is 46.5 Å². The van der Waals surface area contributed by atoms with Crippen LogP contribution in [0.1, 0.15) is 42.8 Å². The van der Waals surface area contributed by atoms with E-state index in [2.05, 4.69) is 45.0 Å². The molecule has 0 radical (unpaired) electrons. The molecule has 3 aromatic carbocycles. The van der Waals surface area contributed by atoms with E-state index in [-0.39, 0.29) is 11.5 Å². The van der Waals surface area contributed by atoms with Gasteiger partial charge in [-0.2, -0.15) is 0 Å². The van der Waals surface area contributed by atoms with Gasteiger partial charge in [-0.1, -0.05) is 61.9 Å². The standard InChI is InChI=1S/C33H36N2O4/c1-4-30-29(34-31(39-30)26-10-8-9-24(2)21-26)17-20-37-27-15-13-25(14-16-27)22-33(3)18-19-35(23-33)32(36)38-28-11-6-5-7-12-28/h5-16,21H,4,17-20,22-23H2,1-3H3/t33-/m0/s1. The van der Waals surface area contributed by atoms with Crippen molar-refractivity contribution in [1.29, 1.82) is 0 Å². The van der Waals surface area contributed by atoms with E-state index in [0.29, 0.717) is 37.8 Å². The monoisotopic (exact) mass is 524 g/mol. The van der Waals surface area contributed by atoms with Crippen LogP contribution in [0.3, 0.4) is 0 Å². The number of hydrogen-bond donors (Lipinski definition) is 0. The number of carbonyl (C=O) groups is 1. The summed E-state index contributed by atoms with van der Waals surface area (Å²) in [6, 6.07) is 25.7. The van der Waals surface area contributed by atoms with Gasteiger partial charge in [-0.15, -0.1) is 0 Å². The number of rotatable bonds is 9. The third-order valence-electron chi connectivity index (χ3n) is 7.29. The first kappa shape index (κ1) is 26.5. The number of likely N-dealkylation sites (tertiary alicyclic amines) is 1. The molecule has 1 atom stereocenters. The first-order valence-corrected chi connectivity index (χ1v) is 13.7. The number of oxazole rings is 1. The number of para-hydroxylation sites is 1. The number of benzene rings is 3. The van der Waals surface area contributed by atoms with E-state index in [9.17, 15) is 4.79 Å². The molecular weight excluding hydrogens is 488 g/mol. The predicted octanol–water partition coefficient (Wildman–Crippen LogP) is 7.29. The van der Waals surface area contributed by atoms with Crippen molar-refractivity contribution in [3.8, 4) is 23.0 Å². The summed E-state index contributed by atoms with van der Waals surface area (Å²) in [6.45, 7) is 8.30. The highest BCUT2D eigenvalue weighted by molar-refractivity contribution is 5.71. The first-order valence-electron chi connectivity index (χ1n) is 13.7. The molecule has 1 aromatic heterocycles. The second-order valence-corrected chi connectivity index (χ2v) is 10.7. The van der Waals surface area contributed by atoms with Crippen LogP contribution in [0.25, 0.3) is 11.5 Å². The Bertz CT molecular complexity index is 1400. The third kappa shape index (κ3) is 6.69. The van der Waals surface area contributed by atoms with Gasteiger partial charge >= 0.3 is 6.09 Å². The molecule has 2 heterocycles. The van der Waals surface area contributed by atoms with Crippen molar-refractivity contribution < 1.29 is 18.7 Å². The summed E-state index contributed by atoms with van der Waals surface area (Å²) >= 11 is 0. The molecule has 0 spiro atoms. The molecule has 1 saturated heterocycles. The minimum absolute atomic E-state index is 0.0105. The highest BCUT2D eigenvalue weighted by Crippen LogP contribution is 2.34. The topological polar surface area (TPSA) is 64.8 Å². The molecular formula is C33H36N2O4. The van der Waals surface area contributed by atoms with Crippen LogP contribution in [-0.4, -0.2) is 35.7 Å². The average Bonchev–Trinajstić information content (AvgIpc) is 3.54. The van der Waals surface area contributed by atoms with Crippen LogP contribution in [0.15, 0.2) is 83.3 Å². The minimum atomic E-state index is -0.280. The Labute approximate surface area is 230 Å². The smallest absolute Gasteiger partial charge is 0.415 e. The SMILES string of the molecule is CCc1oc(-c2cccc(C)c2)nc1CCOc1ccc(C[C@]2(C)CCN(C(=O)Oc3ccccc3)C2)cc1. The zero-order valence-corrected chi connectivity index (χ0v) is 23.0. The largest absolute Gasteiger partial charge is 0.493 e. The Morgan fingerprint density at radius 2 is 1.82 bits per heavy atom. The van der Waals surface area contributed by atoms with Crippen molar-refractivity contribution >= 4 is 6.09 Å². The predicted molar refractivity (Wildman–Crippen MR) is 152 cm³/mol. The van der Waals surface area contributed by atoms with Gasteiger partial charge in [-0.05, 0) is 67.1 Å². The summed E-state index contributed by atoms with van der Waals surface area (Å²) in [5, 5.41) is 0. The lowest BCUT2D eigenvalue weighted by atomic mass is 9.83. The van der Waals surface area contributed by atoms with Gasteiger partial charge in [0.1, 0.15) is 17.3 Å². The summed E-state index contributed by atoms with van der Waals surface area (Å²) in [7, 11) is 0. The number of hydrogen-bond acceptors (Lipinski definition) is 5. The molecule has 1 aliphatic heterocycles. The van der Waals surface area contributed by atoms with Crippen molar-refractivity contribution in [3.05, 3.63) is 101 Å². The number of nitrogens with zero attached hydrogens (tertiary/aromatic N) is 2. The average molecular weight is 525 g/mol. The first-order chi connectivity index (χ1) is 18.9. The van der Waals surface area contributed by atoms with Gasteiger partial charge < -0.3 is 18.8 Å². The van der Waals surface area contributed by atoms with E-state index in [0.717, 1.165) is 42.0 Å². The lowest BCUT2D eigenvalue weighted by molar-refractivity contribution is 0.156. The van der Waals surface area contributed by atoms with Crippen LogP contribution in [0.4, 0.5) is 4.79 Å². The number of amides is 1. The Kier molecular flexibility index (Phi) is 8.01. The molecule has 6 nitrogen and oxygen atoms in total. The molecule has 5 rings (SSSR count). The lowest BCUT2D eigenvalue weighted by Gasteiger charge is -2.24. The number of ether oxygens (including phenoxy) is 2. The van der Waals surface area contributed by atoms with Crippen LogP contribution >= 0.6 is 0 Å². The van der Waals surface area contributed by atoms with Gasteiger partial charge in [0, 0.05) is 31.5 Å². The van der Waals surface area contributed by atoms with Crippen molar-refractivity contribution in [2.75, 3.05) is 19.7 Å². The minimum Gasteiger partial charge on any atom is -0.493 e. The Hall–Kier alpha value is -4.06. The van der Waals surface area contributed by atoms with Crippen LogP contribution in [0, 0.1) is 12.3 Å². The lowest BCUT2D eigenvalue weighted by Crippen LogP contribution is -2.34. The summed E-state index contributed by atoms with van der Waals surface area (Å²) in [6.07, 6.45) is 3.04. The second kappa shape index (κ2) is 11.8. The second-order valence-electron chi connectivity index (χ2n) is 10.7. The van der Waals surface area contributed by atoms with Crippen molar-refractivity contribution in [3.63, 3.8) is 0 Å². The van der Waals surface area contributed by atoms with Gasteiger partial charge in [0.25, 0.3) is 0 Å². The fraction of sp³-hybridized carbons (Fsp3) is 0.333. The molecule has 0 unspecified atom stereocenters. The Morgan fingerprint density at radius 1 is 1.03 bits per heavy atom. The molecule has 1 fully saturated rings. The van der Waals surface area contributed by atoms with Crippen LogP contribution < -0.4 is 9.47 Å². The molecule has 0 aliphatic carbocycles. The van der Waals surface area contributed by atoms with E-state index in [1.807, 2.05) is 47.4 Å². The van der Waals surface area contributed by atoms with E-state index < -0.39 is 0 Å². The molecule has 39 heavy (non-hydrogen) atoms. The van der Waals surface area contributed by atoms with Gasteiger partial charge in [0.05, 0.1) is 12.3 Å².